The zero-order valence-corrected chi connectivity index (χ0v) is 11.0. The first-order chi connectivity index (χ1) is 8.41. The van der Waals surface area contributed by atoms with Crippen molar-refractivity contribution in [3.63, 3.8) is 0 Å². The third-order valence-corrected chi connectivity index (χ3v) is 3.33. The lowest BCUT2D eigenvalue weighted by Crippen LogP contribution is -2.04. The summed E-state index contributed by atoms with van der Waals surface area (Å²) in [6, 6.07) is 4.31. The summed E-state index contributed by atoms with van der Waals surface area (Å²) in [4.78, 5) is 11.2. The van der Waals surface area contributed by atoms with Gasteiger partial charge in [0.2, 0.25) is 0 Å². The van der Waals surface area contributed by atoms with Crippen LogP contribution in [0.2, 0.25) is 5.02 Å². The molecule has 0 fully saturated rings. The molecule has 0 amide bonds. The number of hydrogen-bond donors (Lipinski definition) is 0. The molecule has 1 aromatic heterocycles. The van der Waals surface area contributed by atoms with Crippen molar-refractivity contribution in [2.24, 2.45) is 0 Å². The molecule has 0 aliphatic heterocycles. The number of halogens is 2. The maximum absolute atomic E-state index is 14.0. The summed E-state index contributed by atoms with van der Waals surface area (Å²) in [5.74, 6) is -0.670. The lowest BCUT2D eigenvalue weighted by molar-refractivity contribution is 0.101. The Labute approximate surface area is 109 Å². The largest absolute Gasteiger partial charge is 0.295 e. The number of benzene rings is 1. The van der Waals surface area contributed by atoms with Crippen molar-refractivity contribution in [2.45, 2.75) is 20.8 Å². The van der Waals surface area contributed by atoms with Gasteiger partial charge < -0.3 is 0 Å². The van der Waals surface area contributed by atoms with E-state index in [1.807, 2.05) is 0 Å². The third kappa shape index (κ3) is 2.04. The monoisotopic (exact) mass is 266 g/mol. The highest BCUT2D eigenvalue weighted by atomic mass is 35.5. The average molecular weight is 267 g/mol. The Kier molecular flexibility index (Phi) is 3.22. The molecule has 0 aliphatic carbocycles. The predicted molar refractivity (Wildman–Crippen MR) is 68.0 cm³/mol. The first-order valence-electron chi connectivity index (χ1n) is 5.44. The molecule has 0 N–H and O–H groups in total. The Morgan fingerprint density at radius 1 is 1.39 bits per heavy atom. The molecule has 0 bridgehead atoms. The van der Waals surface area contributed by atoms with Crippen LogP contribution in [0.1, 0.15) is 28.7 Å². The zero-order valence-electron chi connectivity index (χ0n) is 10.3. The summed E-state index contributed by atoms with van der Waals surface area (Å²) in [6.45, 7) is 4.92. The highest BCUT2D eigenvalue weighted by molar-refractivity contribution is 6.31. The molecule has 2 rings (SSSR count). The van der Waals surface area contributed by atoms with E-state index in [0.29, 0.717) is 22.0 Å². The molecule has 5 heteroatoms. The first kappa shape index (κ1) is 12.8. The number of hydrogen-bond acceptors (Lipinski definition) is 2. The van der Waals surface area contributed by atoms with Gasteiger partial charge in [-0.05, 0) is 39.0 Å². The third-order valence-electron chi connectivity index (χ3n) is 2.79. The molecule has 18 heavy (non-hydrogen) atoms. The van der Waals surface area contributed by atoms with Gasteiger partial charge in [0.05, 0.1) is 16.4 Å². The minimum absolute atomic E-state index is 0.174. The van der Waals surface area contributed by atoms with Crippen molar-refractivity contribution in [3.05, 3.63) is 46.0 Å². The van der Waals surface area contributed by atoms with Crippen molar-refractivity contribution in [1.29, 1.82) is 0 Å². The second kappa shape index (κ2) is 4.53. The van der Waals surface area contributed by atoms with E-state index < -0.39 is 5.82 Å². The Bertz CT molecular complexity index is 634. The first-order valence-corrected chi connectivity index (χ1v) is 5.82. The summed E-state index contributed by atoms with van der Waals surface area (Å²) >= 11 is 6.02. The van der Waals surface area contributed by atoms with Crippen LogP contribution in [0.3, 0.4) is 0 Å². The fourth-order valence-corrected chi connectivity index (χ4v) is 1.87. The summed E-state index contributed by atoms with van der Waals surface area (Å²) < 4.78 is 15.4. The standard InChI is InChI=1S/C13H12ClFN2O/c1-7-13(14)8(2)17(16-7)12-5-4-10(9(3)18)6-11(12)15/h4-6H,1-3H3. The van der Waals surface area contributed by atoms with E-state index in [1.165, 1.54) is 23.7 Å². The maximum Gasteiger partial charge on any atom is 0.159 e. The topological polar surface area (TPSA) is 34.9 Å². The van der Waals surface area contributed by atoms with Gasteiger partial charge >= 0.3 is 0 Å². The molecule has 0 unspecified atom stereocenters. The van der Waals surface area contributed by atoms with Crippen LogP contribution >= 0.6 is 11.6 Å². The summed E-state index contributed by atoms with van der Waals surface area (Å²) in [7, 11) is 0. The van der Waals surface area contributed by atoms with E-state index in [4.69, 9.17) is 11.6 Å². The van der Waals surface area contributed by atoms with Crippen molar-refractivity contribution < 1.29 is 9.18 Å². The smallest absolute Gasteiger partial charge is 0.159 e. The highest BCUT2D eigenvalue weighted by Gasteiger charge is 2.14. The van der Waals surface area contributed by atoms with Crippen LogP contribution in [-0.2, 0) is 0 Å². The average Bonchev–Trinajstić information content (AvgIpc) is 2.57. The maximum atomic E-state index is 14.0. The molecule has 0 saturated carbocycles. The lowest BCUT2D eigenvalue weighted by atomic mass is 10.1. The summed E-state index contributed by atoms with van der Waals surface area (Å²) in [5, 5.41) is 4.69. The Morgan fingerprint density at radius 2 is 2.06 bits per heavy atom. The molecule has 0 aliphatic rings. The summed E-state index contributed by atoms with van der Waals surface area (Å²) in [5.41, 5.74) is 1.93. The van der Waals surface area contributed by atoms with Crippen LogP contribution in [0.4, 0.5) is 4.39 Å². The second-order valence-corrected chi connectivity index (χ2v) is 4.50. The molecule has 0 atom stereocenters. The number of rotatable bonds is 2. The van der Waals surface area contributed by atoms with E-state index in [-0.39, 0.29) is 11.5 Å². The van der Waals surface area contributed by atoms with Gasteiger partial charge in [-0.3, -0.25) is 4.79 Å². The number of aryl methyl sites for hydroxylation is 1. The van der Waals surface area contributed by atoms with Gasteiger partial charge in [-0.1, -0.05) is 11.6 Å². The number of aromatic nitrogens is 2. The van der Waals surface area contributed by atoms with Gasteiger partial charge in [0, 0.05) is 5.56 Å². The van der Waals surface area contributed by atoms with E-state index in [1.54, 1.807) is 19.9 Å². The van der Waals surface area contributed by atoms with Gasteiger partial charge in [-0.25, -0.2) is 9.07 Å². The Balaban J connectivity index is 2.58. The number of ketones is 1. The molecular weight excluding hydrogens is 255 g/mol. The highest BCUT2D eigenvalue weighted by Crippen LogP contribution is 2.24. The second-order valence-electron chi connectivity index (χ2n) is 4.12. The van der Waals surface area contributed by atoms with Crippen molar-refractivity contribution in [3.8, 4) is 5.69 Å². The predicted octanol–water partition coefficient (Wildman–Crippen LogP) is 3.48. The summed E-state index contributed by atoms with van der Waals surface area (Å²) in [6.07, 6.45) is 0. The Morgan fingerprint density at radius 3 is 2.50 bits per heavy atom. The minimum atomic E-state index is -0.495. The molecule has 94 valence electrons. The molecule has 0 saturated heterocycles. The fourth-order valence-electron chi connectivity index (χ4n) is 1.76. The van der Waals surface area contributed by atoms with E-state index in [0.717, 1.165) is 0 Å². The quantitative estimate of drug-likeness (QED) is 0.780. The van der Waals surface area contributed by atoms with Gasteiger partial charge in [0.1, 0.15) is 11.5 Å². The van der Waals surface area contributed by atoms with Crippen molar-refractivity contribution in [1.82, 2.24) is 9.78 Å². The van der Waals surface area contributed by atoms with Crippen LogP contribution in [0.5, 0.6) is 0 Å². The molecule has 3 nitrogen and oxygen atoms in total. The fraction of sp³-hybridized carbons (Fsp3) is 0.231. The van der Waals surface area contributed by atoms with Crippen molar-refractivity contribution in [2.75, 3.05) is 0 Å². The van der Waals surface area contributed by atoms with Gasteiger partial charge in [0.15, 0.2) is 5.78 Å². The zero-order chi connectivity index (χ0) is 13.4. The molecule has 0 spiro atoms. The minimum Gasteiger partial charge on any atom is -0.295 e. The van der Waals surface area contributed by atoms with Crippen molar-refractivity contribution >= 4 is 17.4 Å². The van der Waals surface area contributed by atoms with Crippen LogP contribution in [0, 0.1) is 19.7 Å². The molecule has 1 aromatic carbocycles. The van der Waals surface area contributed by atoms with Gasteiger partial charge in [-0.2, -0.15) is 5.10 Å². The van der Waals surface area contributed by atoms with Gasteiger partial charge in [0.25, 0.3) is 0 Å². The van der Waals surface area contributed by atoms with Crippen LogP contribution in [0.15, 0.2) is 18.2 Å². The molecule has 1 heterocycles. The van der Waals surface area contributed by atoms with E-state index >= 15 is 0 Å². The SMILES string of the molecule is CC(=O)c1ccc(-n2nc(C)c(Cl)c2C)c(F)c1. The van der Waals surface area contributed by atoms with Gasteiger partial charge in [-0.15, -0.1) is 0 Å². The van der Waals surface area contributed by atoms with Crippen LogP contribution in [0.25, 0.3) is 5.69 Å². The molecular formula is C13H12ClFN2O. The molecule has 2 aromatic rings. The number of carbonyl (C=O) groups is 1. The number of carbonyl (C=O) groups excluding carboxylic acids is 1. The lowest BCUT2D eigenvalue weighted by Gasteiger charge is -2.06. The molecule has 0 radical (unpaired) electrons. The number of Topliss-reactive ketones (excluding diaryl/α,β-unsaturated/α-hetero) is 1. The van der Waals surface area contributed by atoms with E-state index in [2.05, 4.69) is 5.10 Å². The van der Waals surface area contributed by atoms with Crippen LogP contribution in [-0.4, -0.2) is 15.6 Å². The Hall–Kier alpha value is -1.68. The van der Waals surface area contributed by atoms with Crippen LogP contribution < -0.4 is 0 Å². The number of nitrogens with zero attached hydrogens (tertiary/aromatic N) is 2. The normalized spacial score (nSPS) is 10.7. The van der Waals surface area contributed by atoms with E-state index in [9.17, 15) is 9.18 Å².